The van der Waals surface area contributed by atoms with Gasteiger partial charge in [0, 0.05) is 25.1 Å². The Morgan fingerprint density at radius 3 is 2.50 bits per heavy atom. The van der Waals surface area contributed by atoms with Crippen molar-refractivity contribution in [3.63, 3.8) is 0 Å². The van der Waals surface area contributed by atoms with Gasteiger partial charge < -0.3 is 0 Å². The molecule has 0 aliphatic carbocycles. The molecule has 0 aliphatic rings. The molecule has 0 N–H and O–H groups in total. The zero-order chi connectivity index (χ0) is 15.3. The molecular weight excluding hydrogens is 274 g/mol. The number of rotatable bonds is 7. The van der Waals surface area contributed by atoms with E-state index in [0.717, 1.165) is 12.8 Å². The smallest absolute Gasteiger partial charge is 0.243 e. The Morgan fingerprint density at radius 1 is 1.30 bits per heavy atom. The molecule has 20 heavy (non-hydrogen) atoms. The lowest BCUT2D eigenvalue weighted by Crippen LogP contribution is -2.35. The topological polar surface area (TPSA) is 54.5 Å². The van der Waals surface area contributed by atoms with Crippen molar-refractivity contribution in [2.24, 2.45) is 0 Å². The van der Waals surface area contributed by atoms with Crippen LogP contribution in [-0.4, -0.2) is 31.6 Å². The molecule has 1 atom stereocenters. The van der Waals surface area contributed by atoms with Gasteiger partial charge in [-0.1, -0.05) is 32.4 Å². The van der Waals surface area contributed by atoms with E-state index in [1.54, 1.807) is 26.1 Å². The first-order valence-corrected chi connectivity index (χ1v) is 8.39. The van der Waals surface area contributed by atoms with Crippen LogP contribution in [0, 0.1) is 0 Å². The molecule has 5 heteroatoms. The van der Waals surface area contributed by atoms with Crippen molar-refractivity contribution in [2.75, 3.05) is 7.05 Å². The number of Topliss-reactive ketones (excluding diaryl/α,β-unsaturated/α-hetero) is 1. The van der Waals surface area contributed by atoms with Gasteiger partial charge >= 0.3 is 0 Å². The summed E-state index contributed by atoms with van der Waals surface area (Å²) >= 11 is 0. The summed E-state index contributed by atoms with van der Waals surface area (Å²) in [6.45, 7) is 5.68. The summed E-state index contributed by atoms with van der Waals surface area (Å²) in [7, 11) is -1.96. The molecule has 0 radical (unpaired) electrons. The number of carbonyl (C=O) groups is 1. The van der Waals surface area contributed by atoms with E-state index in [2.05, 4.69) is 0 Å². The molecule has 0 amide bonds. The lowest BCUT2D eigenvalue weighted by atomic mass is 10.1. The van der Waals surface area contributed by atoms with Gasteiger partial charge in [0.1, 0.15) is 0 Å². The van der Waals surface area contributed by atoms with Gasteiger partial charge in [0.15, 0.2) is 5.78 Å². The summed E-state index contributed by atoms with van der Waals surface area (Å²) in [4.78, 5) is 11.9. The molecule has 0 spiro atoms. The first-order valence-electron chi connectivity index (χ1n) is 6.95. The minimum atomic E-state index is -3.54. The van der Waals surface area contributed by atoms with Crippen LogP contribution in [0.25, 0.3) is 0 Å². The minimum absolute atomic E-state index is 0.0497. The highest BCUT2D eigenvalue weighted by molar-refractivity contribution is 7.89. The summed E-state index contributed by atoms with van der Waals surface area (Å²) < 4.78 is 26.4. The van der Waals surface area contributed by atoms with Crippen LogP contribution in [0.2, 0.25) is 0 Å². The van der Waals surface area contributed by atoms with Gasteiger partial charge in [-0.3, -0.25) is 4.79 Å². The van der Waals surface area contributed by atoms with Crippen molar-refractivity contribution in [1.82, 2.24) is 4.31 Å². The van der Waals surface area contributed by atoms with Crippen molar-refractivity contribution >= 4 is 15.8 Å². The molecule has 0 fully saturated rings. The van der Waals surface area contributed by atoms with Gasteiger partial charge in [-0.25, -0.2) is 8.42 Å². The summed E-state index contributed by atoms with van der Waals surface area (Å²) in [6, 6.07) is 6.22. The predicted molar refractivity (Wildman–Crippen MR) is 80.4 cm³/mol. The first-order chi connectivity index (χ1) is 9.34. The Labute approximate surface area is 121 Å². The molecule has 0 aromatic heterocycles. The van der Waals surface area contributed by atoms with Crippen LogP contribution in [0.5, 0.6) is 0 Å². The Hall–Kier alpha value is -1.20. The maximum Gasteiger partial charge on any atom is 0.243 e. The van der Waals surface area contributed by atoms with Crippen LogP contribution in [0.4, 0.5) is 0 Å². The lowest BCUT2D eigenvalue weighted by Gasteiger charge is -2.24. The largest absolute Gasteiger partial charge is 0.294 e. The van der Waals surface area contributed by atoms with Gasteiger partial charge in [-0.05, 0) is 25.5 Å². The van der Waals surface area contributed by atoms with E-state index in [9.17, 15) is 13.2 Å². The predicted octanol–water partition coefficient (Wildman–Crippen LogP) is 3.09. The number of nitrogens with zero attached hydrogens (tertiary/aromatic N) is 1. The molecular formula is C15H23NO3S. The molecule has 1 unspecified atom stereocenters. The Kier molecular flexibility index (Phi) is 5.89. The van der Waals surface area contributed by atoms with Gasteiger partial charge in [-0.15, -0.1) is 0 Å². The van der Waals surface area contributed by atoms with Crippen LogP contribution in [0.15, 0.2) is 29.2 Å². The Balaban J connectivity index is 3.12. The summed E-state index contributed by atoms with van der Waals surface area (Å²) in [5.74, 6) is -0.0497. The third-order valence-electron chi connectivity index (χ3n) is 3.48. The average Bonchev–Trinajstić information content (AvgIpc) is 2.45. The van der Waals surface area contributed by atoms with Crippen LogP contribution >= 0.6 is 0 Å². The average molecular weight is 297 g/mol. The van der Waals surface area contributed by atoms with Gasteiger partial charge in [0.05, 0.1) is 4.90 Å². The molecule has 1 aromatic rings. The van der Waals surface area contributed by atoms with Gasteiger partial charge in [0.25, 0.3) is 0 Å². The summed E-state index contributed by atoms with van der Waals surface area (Å²) in [5, 5.41) is 0. The quantitative estimate of drug-likeness (QED) is 0.727. The van der Waals surface area contributed by atoms with Crippen molar-refractivity contribution < 1.29 is 13.2 Å². The minimum Gasteiger partial charge on any atom is -0.294 e. The second-order valence-electron chi connectivity index (χ2n) is 4.96. The van der Waals surface area contributed by atoms with E-state index >= 15 is 0 Å². The van der Waals surface area contributed by atoms with E-state index in [-0.39, 0.29) is 16.7 Å². The zero-order valence-corrected chi connectivity index (χ0v) is 13.4. The number of carbonyl (C=O) groups excluding carboxylic acids is 1. The molecule has 0 saturated carbocycles. The number of ketones is 1. The molecule has 0 heterocycles. The molecule has 1 rings (SSSR count). The highest BCUT2D eigenvalue weighted by atomic mass is 32.2. The van der Waals surface area contributed by atoms with Crippen LogP contribution in [0.3, 0.4) is 0 Å². The fourth-order valence-corrected chi connectivity index (χ4v) is 3.48. The van der Waals surface area contributed by atoms with Crippen molar-refractivity contribution in [2.45, 2.75) is 51.0 Å². The van der Waals surface area contributed by atoms with E-state index < -0.39 is 10.0 Å². The van der Waals surface area contributed by atoms with Crippen molar-refractivity contribution in [3.8, 4) is 0 Å². The van der Waals surface area contributed by atoms with Gasteiger partial charge in [-0.2, -0.15) is 4.31 Å². The van der Waals surface area contributed by atoms with Crippen LogP contribution in [-0.2, 0) is 10.0 Å². The van der Waals surface area contributed by atoms with Crippen molar-refractivity contribution in [3.05, 3.63) is 29.8 Å². The standard InChI is InChI=1S/C15H23NO3S/c1-5-8-12(3)16(4)20(18,19)14-10-7-9-13(11-14)15(17)6-2/h7,9-12H,5-6,8H2,1-4H3. The normalized spacial score (nSPS) is 13.4. The highest BCUT2D eigenvalue weighted by Crippen LogP contribution is 2.20. The van der Waals surface area contributed by atoms with E-state index in [4.69, 9.17) is 0 Å². The molecule has 0 saturated heterocycles. The third-order valence-corrected chi connectivity index (χ3v) is 5.45. The fraction of sp³-hybridized carbons (Fsp3) is 0.533. The SMILES string of the molecule is CCCC(C)N(C)S(=O)(=O)c1cccc(C(=O)CC)c1. The molecule has 4 nitrogen and oxygen atoms in total. The van der Waals surface area contributed by atoms with Gasteiger partial charge in [0.2, 0.25) is 10.0 Å². The second kappa shape index (κ2) is 6.99. The monoisotopic (exact) mass is 297 g/mol. The first kappa shape index (κ1) is 16.9. The Bertz CT molecular complexity index is 566. The lowest BCUT2D eigenvalue weighted by molar-refractivity contribution is 0.0988. The highest BCUT2D eigenvalue weighted by Gasteiger charge is 2.25. The maximum absolute atomic E-state index is 12.5. The number of sulfonamides is 1. The fourth-order valence-electron chi connectivity index (χ4n) is 2.04. The third kappa shape index (κ3) is 3.67. The number of hydrogen-bond donors (Lipinski definition) is 0. The maximum atomic E-state index is 12.5. The van der Waals surface area contributed by atoms with E-state index in [0.29, 0.717) is 12.0 Å². The molecule has 0 aliphatic heterocycles. The Morgan fingerprint density at radius 2 is 1.95 bits per heavy atom. The van der Waals surface area contributed by atoms with E-state index in [1.165, 1.54) is 16.4 Å². The second-order valence-corrected chi connectivity index (χ2v) is 6.96. The number of benzene rings is 1. The van der Waals surface area contributed by atoms with E-state index in [1.807, 2.05) is 13.8 Å². The number of hydrogen-bond acceptors (Lipinski definition) is 3. The van der Waals surface area contributed by atoms with Crippen LogP contribution < -0.4 is 0 Å². The van der Waals surface area contributed by atoms with Crippen molar-refractivity contribution in [1.29, 1.82) is 0 Å². The molecule has 0 bridgehead atoms. The molecule has 112 valence electrons. The van der Waals surface area contributed by atoms with Crippen LogP contribution in [0.1, 0.15) is 50.4 Å². The summed E-state index contributed by atoms with van der Waals surface area (Å²) in [6.07, 6.45) is 2.10. The zero-order valence-electron chi connectivity index (χ0n) is 12.6. The summed E-state index contributed by atoms with van der Waals surface area (Å²) in [5.41, 5.74) is 0.449. The molecule has 1 aromatic carbocycles.